The number of nitrogens with one attached hydrogen (secondary N) is 1. The van der Waals surface area contributed by atoms with Gasteiger partial charge in [-0.05, 0) is 43.2 Å². The first-order valence-corrected chi connectivity index (χ1v) is 7.85. The first-order chi connectivity index (χ1) is 11.1. The van der Waals surface area contributed by atoms with Crippen LogP contribution in [-0.4, -0.2) is 34.1 Å². The highest BCUT2D eigenvalue weighted by molar-refractivity contribution is 5.93. The number of carbonyl (C=O) groups excluding carboxylic acids is 1. The summed E-state index contributed by atoms with van der Waals surface area (Å²) in [5.41, 5.74) is 1.10. The van der Waals surface area contributed by atoms with Crippen molar-refractivity contribution in [2.24, 2.45) is 5.92 Å². The van der Waals surface area contributed by atoms with Gasteiger partial charge < -0.3 is 4.90 Å². The lowest BCUT2D eigenvalue weighted by Crippen LogP contribution is -2.39. The van der Waals surface area contributed by atoms with Gasteiger partial charge in [-0.25, -0.2) is 8.78 Å². The number of halogens is 2. The Morgan fingerprint density at radius 1 is 1.39 bits per heavy atom. The summed E-state index contributed by atoms with van der Waals surface area (Å²) in [5, 5.41) is 6.45. The molecule has 0 radical (unpaired) electrons. The molecule has 122 valence electrons. The van der Waals surface area contributed by atoms with Crippen LogP contribution in [0.15, 0.2) is 30.6 Å². The molecule has 2 heterocycles. The predicted octanol–water partition coefficient (Wildman–Crippen LogP) is 3.17. The summed E-state index contributed by atoms with van der Waals surface area (Å²) in [5.74, 6) is -0.728. The molecule has 1 aromatic carbocycles. The van der Waals surface area contributed by atoms with Gasteiger partial charge in [0.2, 0.25) is 0 Å². The summed E-state index contributed by atoms with van der Waals surface area (Å²) in [4.78, 5) is 14.2. The number of likely N-dealkylation sites (tertiary alicyclic amines) is 1. The summed E-state index contributed by atoms with van der Waals surface area (Å²) < 4.78 is 26.6. The van der Waals surface area contributed by atoms with Crippen LogP contribution in [0.3, 0.4) is 0 Å². The second kappa shape index (κ2) is 6.89. The first kappa shape index (κ1) is 15.6. The van der Waals surface area contributed by atoms with Crippen LogP contribution in [-0.2, 0) is 6.42 Å². The molecule has 0 aliphatic carbocycles. The third-order valence-electron chi connectivity index (χ3n) is 4.39. The van der Waals surface area contributed by atoms with E-state index in [0.29, 0.717) is 30.0 Å². The third-order valence-corrected chi connectivity index (χ3v) is 4.39. The zero-order chi connectivity index (χ0) is 16.2. The Morgan fingerprint density at radius 2 is 2.26 bits per heavy atom. The van der Waals surface area contributed by atoms with Gasteiger partial charge in [-0.2, -0.15) is 5.10 Å². The molecule has 1 N–H and O–H groups in total. The molecule has 23 heavy (non-hydrogen) atoms. The lowest BCUT2D eigenvalue weighted by molar-refractivity contribution is 0.0668. The molecule has 1 fully saturated rings. The van der Waals surface area contributed by atoms with Gasteiger partial charge in [0.15, 0.2) is 0 Å². The number of hydrogen-bond donors (Lipinski definition) is 1. The molecule has 0 bridgehead atoms. The van der Waals surface area contributed by atoms with Crippen LogP contribution in [0, 0.1) is 17.6 Å². The SMILES string of the molecule is O=C(c1cn[nH]c1)N1CCC[C@H](CCc2ccc(F)cc2F)C1. The van der Waals surface area contributed by atoms with E-state index < -0.39 is 11.6 Å². The van der Waals surface area contributed by atoms with Crippen molar-refractivity contribution in [1.29, 1.82) is 0 Å². The second-order valence-corrected chi connectivity index (χ2v) is 6.02. The average molecular weight is 319 g/mol. The van der Waals surface area contributed by atoms with Crippen molar-refractivity contribution in [2.75, 3.05) is 13.1 Å². The van der Waals surface area contributed by atoms with E-state index in [1.54, 1.807) is 6.20 Å². The molecule has 0 saturated carbocycles. The van der Waals surface area contributed by atoms with Gasteiger partial charge in [0, 0.05) is 25.4 Å². The fourth-order valence-electron chi connectivity index (χ4n) is 3.12. The summed E-state index contributed by atoms with van der Waals surface area (Å²) in [7, 11) is 0. The number of hydrogen-bond acceptors (Lipinski definition) is 2. The van der Waals surface area contributed by atoms with Crippen LogP contribution in [0.4, 0.5) is 8.78 Å². The molecular formula is C17H19F2N3O. The number of amides is 1. The van der Waals surface area contributed by atoms with Crippen LogP contribution in [0.25, 0.3) is 0 Å². The Kier molecular flexibility index (Phi) is 4.69. The lowest BCUT2D eigenvalue weighted by Gasteiger charge is -2.32. The Morgan fingerprint density at radius 3 is 3.00 bits per heavy atom. The van der Waals surface area contributed by atoms with Crippen molar-refractivity contribution in [2.45, 2.75) is 25.7 Å². The van der Waals surface area contributed by atoms with E-state index >= 15 is 0 Å². The van der Waals surface area contributed by atoms with E-state index in [4.69, 9.17) is 0 Å². The van der Waals surface area contributed by atoms with Crippen LogP contribution in [0.5, 0.6) is 0 Å². The van der Waals surface area contributed by atoms with Crippen molar-refractivity contribution < 1.29 is 13.6 Å². The van der Waals surface area contributed by atoms with E-state index in [9.17, 15) is 13.6 Å². The monoisotopic (exact) mass is 319 g/mol. The minimum Gasteiger partial charge on any atom is -0.338 e. The van der Waals surface area contributed by atoms with Crippen LogP contribution in [0.2, 0.25) is 0 Å². The van der Waals surface area contributed by atoms with Gasteiger partial charge in [-0.1, -0.05) is 6.07 Å². The van der Waals surface area contributed by atoms with Crippen LogP contribution < -0.4 is 0 Å². The van der Waals surface area contributed by atoms with Gasteiger partial charge in [0.25, 0.3) is 5.91 Å². The molecule has 1 amide bonds. The van der Waals surface area contributed by atoms with Gasteiger partial charge >= 0.3 is 0 Å². The molecule has 6 heteroatoms. The molecule has 0 unspecified atom stereocenters. The molecule has 4 nitrogen and oxygen atoms in total. The molecule has 1 atom stereocenters. The average Bonchev–Trinajstić information content (AvgIpc) is 3.08. The molecule has 3 rings (SSSR count). The number of aromatic nitrogens is 2. The Hall–Kier alpha value is -2.24. The van der Waals surface area contributed by atoms with Crippen LogP contribution >= 0.6 is 0 Å². The molecule has 1 aliphatic rings. The summed E-state index contributed by atoms with van der Waals surface area (Å²) in [6.07, 6.45) is 6.44. The van der Waals surface area contributed by atoms with Gasteiger partial charge in [-0.3, -0.25) is 9.89 Å². The van der Waals surface area contributed by atoms with Gasteiger partial charge in [0.1, 0.15) is 11.6 Å². The zero-order valence-electron chi connectivity index (χ0n) is 12.8. The number of piperidine rings is 1. The topological polar surface area (TPSA) is 49.0 Å². The van der Waals surface area contributed by atoms with E-state index in [1.165, 1.54) is 18.3 Å². The third kappa shape index (κ3) is 3.75. The highest BCUT2D eigenvalue weighted by Crippen LogP contribution is 2.23. The van der Waals surface area contributed by atoms with E-state index in [0.717, 1.165) is 31.9 Å². The smallest absolute Gasteiger partial charge is 0.257 e. The molecular weight excluding hydrogens is 300 g/mol. The number of rotatable bonds is 4. The minimum atomic E-state index is -0.555. The number of benzene rings is 1. The maximum absolute atomic E-state index is 13.7. The van der Waals surface area contributed by atoms with Crippen molar-refractivity contribution in [3.05, 3.63) is 53.4 Å². The minimum absolute atomic E-state index is 0.0172. The zero-order valence-corrected chi connectivity index (χ0v) is 12.8. The molecule has 0 spiro atoms. The molecule has 2 aromatic rings. The number of aromatic amines is 1. The first-order valence-electron chi connectivity index (χ1n) is 7.85. The quantitative estimate of drug-likeness (QED) is 0.941. The summed E-state index contributed by atoms with van der Waals surface area (Å²) in [6, 6.07) is 3.71. The maximum atomic E-state index is 13.7. The normalized spacial score (nSPS) is 18.2. The Labute approximate surface area is 133 Å². The lowest BCUT2D eigenvalue weighted by atomic mass is 9.91. The van der Waals surface area contributed by atoms with Crippen molar-refractivity contribution in [1.82, 2.24) is 15.1 Å². The van der Waals surface area contributed by atoms with Gasteiger partial charge in [-0.15, -0.1) is 0 Å². The largest absolute Gasteiger partial charge is 0.338 e. The van der Waals surface area contributed by atoms with Crippen molar-refractivity contribution >= 4 is 5.91 Å². The fraction of sp³-hybridized carbons (Fsp3) is 0.412. The van der Waals surface area contributed by atoms with E-state index in [-0.39, 0.29) is 5.91 Å². The highest BCUT2D eigenvalue weighted by atomic mass is 19.1. The molecule has 1 aliphatic heterocycles. The fourth-order valence-corrected chi connectivity index (χ4v) is 3.12. The Bertz CT molecular complexity index is 672. The van der Waals surface area contributed by atoms with E-state index in [1.807, 2.05) is 4.90 Å². The second-order valence-electron chi connectivity index (χ2n) is 6.02. The van der Waals surface area contributed by atoms with Crippen molar-refractivity contribution in [3.8, 4) is 0 Å². The predicted molar refractivity (Wildman–Crippen MR) is 81.9 cm³/mol. The van der Waals surface area contributed by atoms with Crippen LogP contribution in [0.1, 0.15) is 35.2 Å². The number of aryl methyl sites for hydroxylation is 1. The molecule has 1 aromatic heterocycles. The summed E-state index contributed by atoms with van der Waals surface area (Å²) in [6.45, 7) is 1.41. The number of carbonyl (C=O) groups is 1. The highest BCUT2D eigenvalue weighted by Gasteiger charge is 2.25. The van der Waals surface area contributed by atoms with Crippen molar-refractivity contribution in [3.63, 3.8) is 0 Å². The standard InChI is InChI=1S/C17H19F2N3O/c18-15-6-5-13(16(19)8-15)4-3-12-2-1-7-22(11-12)17(23)14-9-20-21-10-14/h5-6,8-10,12H,1-4,7,11H2,(H,20,21)/t12-/m1/s1. The number of H-pyrrole nitrogens is 1. The summed E-state index contributed by atoms with van der Waals surface area (Å²) >= 11 is 0. The number of nitrogens with zero attached hydrogens (tertiary/aromatic N) is 2. The maximum Gasteiger partial charge on any atom is 0.257 e. The Balaban J connectivity index is 1.57. The van der Waals surface area contributed by atoms with Gasteiger partial charge in [0.05, 0.1) is 11.8 Å². The van der Waals surface area contributed by atoms with E-state index in [2.05, 4.69) is 10.2 Å². The molecule has 1 saturated heterocycles.